The zero-order valence-electron chi connectivity index (χ0n) is 8.53. The van der Waals surface area contributed by atoms with Crippen molar-refractivity contribution in [2.45, 2.75) is 38.3 Å². The Bertz CT molecular complexity index is 396. The lowest BCUT2D eigenvalue weighted by atomic mass is 10.3. The van der Waals surface area contributed by atoms with Gasteiger partial charge in [-0.1, -0.05) is 6.92 Å². The summed E-state index contributed by atoms with van der Waals surface area (Å²) in [7, 11) is -3.42. The maximum atomic E-state index is 11.6. The summed E-state index contributed by atoms with van der Waals surface area (Å²) in [6.45, 7) is 5.45. The van der Waals surface area contributed by atoms with Crippen molar-refractivity contribution < 1.29 is 8.42 Å². The van der Waals surface area contributed by atoms with Gasteiger partial charge in [-0.2, -0.15) is 0 Å². The summed E-state index contributed by atoms with van der Waals surface area (Å²) in [5.74, 6) is 0.592. The van der Waals surface area contributed by atoms with Gasteiger partial charge in [0, 0.05) is 6.04 Å². The standard InChI is InChI=1S/C8H15N3O2S/c1-4-6(2)11-14(12,13)8-5-9-7(3)10-8/h5-6,11H,4H2,1-3H3,(H,9,10). The Morgan fingerprint density at radius 2 is 2.29 bits per heavy atom. The summed E-state index contributed by atoms with van der Waals surface area (Å²) < 4.78 is 25.8. The monoisotopic (exact) mass is 217 g/mol. The highest BCUT2D eigenvalue weighted by atomic mass is 32.2. The van der Waals surface area contributed by atoms with Gasteiger partial charge in [0.05, 0.1) is 6.20 Å². The number of nitrogens with one attached hydrogen (secondary N) is 2. The largest absolute Gasteiger partial charge is 0.332 e. The van der Waals surface area contributed by atoms with E-state index in [1.54, 1.807) is 6.92 Å². The van der Waals surface area contributed by atoms with Gasteiger partial charge in [-0.05, 0) is 20.3 Å². The lowest BCUT2D eigenvalue weighted by Crippen LogP contribution is -2.32. The maximum Gasteiger partial charge on any atom is 0.257 e. The smallest absolute Gasteiger partial charge is 0.257 e. The van der Waals surface area contributed by atoms with E-state index in [0.29, 0.717) is 5.82 Å². The average Bonchev–Trinajstić information content (AvgIpc) is 2.51. The third-order valence-electron chi connectivity index (χ3n) is 1.94. The van der Waals surface area contributed by atoms with Crippen LogP contribution in [0.5, 0.6) is 0 Å². The predicted octanol–water partition coefficient (Wildman–Crippen LogP) is 0.795. The van der Waals surface area contributed by atoms with E-state index < -0.39 is 10.0 Å². The molecule has 6 heteroatoms. The molecule has 2 N–H and O–H groups in total. The summed E-state index contributed by atoms with van der Waals surface area (Å²) in [6, 6.07) is -0.0661. The SMILES string of the molecule is CCC(C)NS(=O)(=O)c1cnc(C)[nH]1. The Labute approximate surface area is 84.0 Å². The van der Waals surface area contributed by atoms with Crippen LogP contribution in [0.4, 0.5) is 0 Å². The number of aryl methyl sites for hydroxylation is 1. The fourth-order valence-electron chi connectivity index (χ4n) is 0.947. The molecule has 0 bridgehead atoms. The highest BCUT2D eigenvalue weighted by Gasteiger charge is 2.18. The molecule has 1 aromatic rings. The van der Waals surface area contributed by atoms with Gasteiger partial charge in [-0.25, -0.2) is 18.1 Å². The molecule has 0 aliphatic rings. The molecule has 1 heterocycles. The molecule has 5 nitrogen and oxygen atoms in total. The van der Waals surface area contributed by atoms with E-state index in [9.17, 15) is 8.42 Å². The molecular weight excluding hydrogens is 202 g/mol. The molecule has 0 fully saturated rings. The van der Waals surface area contributed by atoms with Crippen LogP contribution in [0, 0.1) is 6.92 Å². The van der Waals surface area contributed by atoms with Gasteiger partial charge >= 0.3 is 0 Å². The van der Waals surface area contributed by atoms with Crippen molar-refractivity contribution in [3.63, 3.8) is 0 Å². The normalized spacial score (nSPS) is 14.2. The first-order valence-electron chi connectivity index (χ1n) is 4.49. The average molecular weight is 217 g/mol. The van der Waals surface area contributed by atoms with Gasteiger partial charge in [-0.15, -0.1) is 0 Å². The number of hydrogen-bond donors (Lipinski definition) is 2. The van der Waals surface area contributed by atoms with Crippen LogP contribution in [0.1, 0.15) is 26.1 Å². The molecule has 1 unspecified atom stereocenters. The number of sulfonamides is 1. The van der Waals surface area contributed by atoms with Crippen molar-refractivity contribution in [3.05, 3.63) is 12.0 Å². The van der Waals surface area contributed by atoms with Crippen molar-refractivity contribution in [1.82, 2.24) is 14.7 Å². The second kappa shape index (κ2) is 4.10. The summed E-state index contributed by atoms with van der Waals surface area (Å²) in [5.41, 5.74) is 0. The van der Waals surface area contributed by atoms with Crippen molar-refractivity contribution in [2.24, 2.45) is 0 Å². The molecule has 0 saturated heterocycles. The van der Waals surface area contributed by atoms with Gasteiger partial charge in [-0.3, -0.25) is 0 Å². The van der Waals surface area contributed by atoms with E-state index in [0.717, 1.165) is 6.42 Å². The van der Waals surface area contributed by atoms with Crippen LogP contribution in [0.2, 0.25) is 0 Å². The van der Waals surface area contributed by atoms with E-state index in [-0.39, 0.29) is 11.1 Å². The Hall–Kier alpha value is -0.880. The first-order valence-corrected chi connectivity index (χ1v) is 5.98. The van der Waals surface area contributed by atoms with Crippen LogP contribution < -0.4 is 4.72 Å². The van der Waals surface area contributed by atoms with E-state index in [1.165, 1.54) is 6.20 Å². The van der Waals surface area contributed by atoms with E-state index in [2.05, 4.69) is 14.7 Å². The number of aromatic nitrogens is 2. The van der Waals surface area contributed by atoms with Gasteiger partial charge in [0.1, 0.15) is 5.82 Å². The van der Waals surface area contributed by atoms with Gasteiger partial charge in [0.2, 0.25) is 0 Å². The number of hydrogen-bond acceptors (Lipinski definition) is 3. The first-order chi connectivity index (χ1) is 6.45. The van der Waals surface area contributed by atoms with E-state index >= 15 is 0 Å². The van der Waals surface area contributed by atoms with Crippen LogP contribution in [-0.4, -0.2) is 24.4 Å². The molecule has 1 atom stereocenters. The molecule has 0 spiro atoms. The van der Waals surface area contributed by atoms with Crippen molar-refractivity contribution in [2.75, 3.05) is 0 Å². The van der Waals surface area contributed by atoms with Crippen LogP contribution in [0.15, 0.2) is 11.2 Å². The number of nitrogens with zero attached hydrogens (tertiary/aromatic N) is 1. The maximum absolute atomic E-state index is 11.6. The Morgan fingerprint density at radius 1 is 1.64 bits per heavy atom. The first kappa shape index (κ1) is 11.2. The van der Waals surface area contributed by atoms with Crippen LogP contribution in [0.25, 0.3) is 0 Å². The molecule has 0 radical (unpaired) electrons. The number of H-pyrrole nitrogens is 1. The van der Waals surface area contributed by atoms with Crippen LogP contribution in [-0.2, 0) is 10.0 Å². The molecule has 80 valence electrons. The molecule has 0 aliphatic carbocycles. The lowest BCUT2D eigenvalue weighted by molar-refractivity contribution is 0.553. The van der Waals surface area contributed by atoms with Gasteiger partial charge < -0.3 is 4.98 Å². The summed E-state index contributed by atoms with van der Waals surface area (Å²) in [5, 5.41) is 0.121. The minimum Gasteiger partial charge on any atom is -0.332 e. The highest BCUT2D eigenvalue weighted by molar-refractivity contribution is 7.89. The predicted molar refractivity (Wildman–Crippen MR) is 53.4 cm³/mol. The Morgan fingerprint density at radius 3 is 2.71 bits per heavy atom. The molecule has 0 saturated carbocycles. The molecule has 1 rings (SSSR count). The third-order valence-corrected chi connectivity index (χ3v) is 3.44. The quantitative estimate of drug-likeness (QED) is 0.783. The molecular formula is C8H15N3O2S. The van der Waals surface area contributed by atoms with Crippen molar-refractivity contribution >= 4 is 10.0 Å². The molecule has 14 heavy (non-hydrogen) atoms. The summed E-state index contributed by atoms with van der Waals surface area (Å²) in [6.07, 6.45) is 2.08. The minimum atomic E-state index is -3.42. The second-order valence-corrected chi connectivity index (χ2v) is 4.95. The second-order valence-electron chi connectivity index (χ2n) is 3.26. The van der Waals surface area contributed by atoms with Gasteiger partial charge in [0.15, 0.2) is 5.03 Å². The minimum absolute atomic E-state index is 0.0661. The summed E-state index contributed by atoms with van der Waals surface area (Å²) in [4.78, 5) is 6.53. The van der Waals surface area contributed by atoms with Crippen molar-refractivity contribution in [3.8, 4) is 0 Å². The Balaban J connectivity index is 2.86. The highest BCUT2D eigenvalue weighted by Crippen LogP contribution is 2.06. The van der Waals surface area contributed by atoms with Crippen molar-refractivity contribution in [1.29, 1.82) is 0 Å². The zero-order chi connectivity index (χ0) is 10.8. The fraction of sp³-hybridized carbons (Fsp3) is 0.625. The molecule has 0 aliphatic heterocycles. The molecule has 1 aromatic heterocycles. The number of rotatable bonds is 4. The lowest BCUT2D eigenvalue weighted by Gasteiger charge is -2.09. The van der Waals surface area contributed by atoms with Crippen LogP contribution in [0.3, 0.4) is 0 Å². The number of imidazole rings is 1. The topological polar surface area (TPSA) is 74.8 Å². The zero-order valence-corrected chi connectivity index (χ0v) is 9.35. The molecule has 0 amide bonds. The van der Waals surface area contributed by atoms with E-state index in [1.807, 2.05) is 13.8 Å². The van der Waals surface area contributed by atoms with E-state index in [4.69, 9.17) is 0 Å². The summed E-state index contributed by atoms with van der Waals surface area (Å²) >= 11 is 0. The molecule has 0 aromatic carbocycles. The third kappa shape index (κ3) is 2.55. The Kier molecular flexibility index (Phi) is 3.28. The van der Waals surface area contributed by atoms with Crippen LogP contribution >= 0.6 is 0 Å². The fourth-order valence-corrected chi connectivity index (χ4v) is 2.24. The number of aromatic amines is 1. The van der Waals surface area contributed by atoms with Gasteiger partial charge in [0.25, 0.3) is 10.0 Å².